The molecule has 27 heavy (non-hydrogen) atoms. The van der Waals surface area contributed by atoms with E-state index in [1.807, 2.05) is 39.0 Å². The Morgan fingerprint density at radius 3 is 2.56 bits per heavy atom. The second kappa shape index (κ2) is 8.57. The van der Waals surface area contributed by atoms with Crippen LogP contribution in [0.15, 0.2) is 23.0 Å². The highest BCUT2D eigenvalue weighted by Gasteiger charge is 2.18. The third kappa shape index (κ3) is 5.82. The molecule has 1 aromatic heterocycles. The van der Waals surface area contributed by atoms with Gasteiger partial charge in [0.2, 0.25) is 0 Å². The zero-order valence-corrected chi connectivity index (χ0v) is 17.5. The highest BCUT2D eigenvalue weighted by molar-refractivity contribution is 7.07. The lowest BCUT2D eigenvalue weighted by Crippen LogP contribution is -2.22. The maximum absolute atomic E-state index is 12.2. The zero-order valence-electron chi connectivity index (χ0n) is 16.7. The molecule has 0 atom stereocenters. The zero-order chi connectivity index (χ0) is 20.2. The summed E-state index contributed by atoms with van der Waals surface area (Å²) in [7, 11) is 1.60. The predicted octanol–water partition coefficient (Wildman–Crippen LogP) is 2.70. The van der Waals surface area contributed by atoms with Gasteiger partial charge in [-0.3, -0.25) is 9.59 Å². The molecule has 0 aliphatic heterocycles. The Balaban J connectivity index is 2.42. The van der Waals surface area contributed by atoms with Gasteiger partial charge in [0.05, 0.1) is 22.9 Å². The van der Waals surface area contributed by atoms with Crippen LogP contribution >= 0.6 is 11.3 Å². The van der Waals surface area contributed by atoms with Crippen molar-refractivity contribution in [3.8, 4) is 11.5 Å². The molecule has 0 amide bonds. The van der Waals surface area contributed by atoms with Gasteiger partial charge in [0, 0.05) is 11.5 Å². The maximum Gasteiger partial charge on any atom is 0.266 e. The van der Waals surface area contributed by atoms with E-state index in [0.717, 1.165) is 5.56 Å². The predicted molar refractivity (Wildman–Crippen MR) is 110 cm³/mol. The fraction of sp³-hybridized carbons (Fsp3) is 0.429. The van der Waals surface area contributed by atoms with E-state index in [0.29, 0.717) is 33.2 Å². The van der Waals surface area contributed by atoms with Crippen LogP contribution in [-0.4, -0.2) is 24.5 Å². The number of hydrogen-bond donors (Lipinski definition) is 1. The van der Waals surface area contributed by atoms with Crippen molar-refractivity contribution in [2.75, 3.05) is 13.7 Å². The molecule has 0 aliphatic carbocycles. The molecule has 5 nitrogen and oxygen atoms in total. The third-order valence-corrected chi connectivity index (χ3v) is 4.70. The highest BCUT2D eigenvalue weighted by Crippen LogP contribution is 2.28. The van der Waals surface area contributed by atoms with E-state index >= 15 is 0 Å². The first-order valence-corrected chi connectivity index (χ1v) is 9.69. The van der Waals surface area contributed by atoms with Gasteiger partial charge in [-0.1, -0.05) is 40.7 Å². The Kier molecular flexibility index (Phi) is 6.65. The second-order valence-corrected chi connectivity index (χ2v) is 8.89. The van der Waals surface area contributed by atoms with Gasteiger partial charge in [0.1, 0.15) is 0 Å². The Morgan fingerprint density at radius 1 is 1.26 bits per heavy atom. The van der Waals surface area contributed by atoms with Crippen molar-refractivity contribution in [3.63, 3.8) is 0 Å². The number of carbonyl (C=O) groups excluding carboxylic acids is 1. The molecule has 0 saturated heterocycles. The number of aromatic nitrogens is 1. The number of rotatable bonds is 6. The lowest BCUT2D eigenvalue weighted by Gasteiger charge is -2.12. The van der Waals surface area contributed by atoms with E-state index < -0.39 is 5.41 Å². The van der Waals surface area contributed by atoms with Gasteiger partial charge in [-0.2, -0.15) is 0 Å². The highest BCUT2D eigenvalue weighted by atomic mass is 32.1. The van der Waals surface area contributed by atoms with E-state index in [2.05, 4.69) is 18.8 Å². The first-order chi connectivity index (χ1) is 12.6. The van der Waals surface area contributed by atoms with Crippen LogP contribution in [0.1, 0.15) is 40.2 Å². The monoisotopic (exact) mass is 389 g/mol. The minimum Gasteiger partial charge on any atom is -0.493 e. The summed E-state index contributed by atoms with van der Waals surface area (Å²) in [6.07, 6.45) is 3.28. The van der Waals surface area contributed by atoms with E-state index in [1.165, 1.54) is 17.4 Å². The Bertz CT molecular complexity index is 977. The Morgan fingerprint density at radius 2 is 1.96 bits per heavy atom. The van der Waals surface area contributed by atoms with Gasteiger partial charge in [-0.15, -0.1) is 11.3 Å². The number of Topliss-reactive ketones (excluding diaryl/α,β-unsaturated/α-hetero) is 1. The second-order valence-electron chi connectivity index (χ2n) is 7.80. The molecule has 1 N–H and O–H groups in total. The number of nitrogens with one attached hydrogen (secondary N) is 1. The van der Waals surface area contributed by atoms with Gasteiger partial charge in [0.25, 0.3) is 5.56 Å². The Labute approximate surface area is 163 Å². The van der Waals surface area contributed by atoms with Crippen LogP contribution in [0.2, 0.25) is 0 Å². The molecule has 146 valence electrons. The number of carbonyl (C=O) groups is 1. The van der Waals surface area contributed by atoms with Crippen LogP contribution in [-0.2, 0) is 4.79 Å². The number of H-pyrrole nitrogens is 1. The van der Waals surface area contributed by atoms with E-state index in [4.69, 9.17) is 9.47 Å². The van der Waals surface area contributed by atoms with Gasteiger partial charge >= 0.3 is 0 Å². The van der Waals surface area contributed by atoms with Crippen molar-refractivity contribution < 1.29 is 14.3 Å². The molecule has 2 aromatic rings. The quantitative estimate of drug-likeness (QED) is 0.825. The lowest BCUT2D eigenvalue weighted by atomic mass is 9.91. The molecule has 0 aliphatic rings. The van der Waals surface area contributed by atoms with Crippen molar-refractivity contribution in [2.24, 2.45) is 11.3 Å². The summed E-state index contributed by atoms with van der Waals surface area (Å²) < 4.78 is 12.2. The summed E-state index contributed by atoms with van der Waals surface area (Å²) in [6.45, 7) is 10.3. The molecular formula is C21H27NO4S. The van der Waals surface area contributed by atoms with Crippen molar-refractivity contribution in [2.45, 2.75) is 34.6 Å². The first-order valence-electron chi connectivity index (χ1n) is 8.88. The lowest BCUT2D eigenvalue weighted by molar-refractivity contribution is -0.119. The summed E-state index contributed by atoms with van der Waals surface area (Å²) in [5, 5.41) is 0. The summed E-state index contributed by atoms with van der Waals surface area (Å²) in [5.74, 6) is 1.65. The number of ketones is 1. The van der Waals surface area contributed by atoms with E-state index in [-0.39, 0.29) is 11.3 Å². The average Bonchev–Trinajstić information content (AvgIpc) is 2.91. The van der Waals surface area contributed by atoms with Gasteiger partial charge in [0.15, 0.2) is 17.3 Å². The molecule has 0 bridgehead atoms. The number of hydrogen-bond acceptors (Lipinski definition) is 5. The normalized spacial score (nSPS) is 13.3. The molecule has 0 spiro atoms. The largest absolute Gasteiger partial charge is 0.493 e. The van der Waals surface area contributed by atoms with Crippen LogP contribution in [0.4, 0.5) is 0 Å². The van der Waals surface area contributed by atoms with E-state index in [9.17, 15) is 9.59 Å². The van der Waals surface area contributed by atoms with Crippen LogP contribution in [0.25, 0.3) is 12.2 Å². The maximum atomic E-state index is 12.2. The van der Waals surface area contributed by atoms with Crippen LogP contribution in [0.3, 0.4) is 0 Å². The molecule has 6 heteroatoms. The standard InChI is InChI=1S/C21H27NO4S/c1-13(2)12-26-16-9-14(7-8-15(16)25-6)10-17-20(24)22-19(27-17)11-18(23)21(3,4)5/h7-11,13H,12H2,1-6H3,(H,22,24)/b17-10-,19-11+. The van der Waals surface area contributed by atoms with Crippen LogP contribution in [0.5, 0.6) is 11.5 Å². The van der Waals surface area contributed by atoms with Gasteiger partial charge in [-0.25, -0.2) is 0 Å². The minimum absolute atomic E-state index is 0.0274. The smallest absolute Gasteiger partial charge is 0.266 e. The number of methoxy groups -OCH3 is 1. The summed E-state index contributed by atoms with van der Waals surface area (Å²) in [6, 6.07) is 5.54. The first kappa shape index (κ1) is 21.0. The van der Waals surface area contributed by atoms with E-state index in [1.54, 1.807) is 13.2 Å². The third-order valence-electron chi connectivity index (χ3n) is 3.74. The van der Waals surface area contributed by atoms with Crippen molar-refractivity contribution in [1.82, 2.24) is 4.98 Å². The number of ether oxygens (including phenoxy) is 2. The summed E-state index contributed by atoms with van der Waals surface area (Å²) in [4.78, 5) is 27.1. The van der Waals surface area contributed by atoms with Crippen LogP contribution in [0, 0.1) is 11.3 Å². The minimum atomic E-state index is -0.483. The summed E-state index contributed by atoms with van der Waals surface area (Å²) >= 11 is 1.26. The average molecular weight is 390 g/mol. The van der Waals surface area contributed by atoms with Gasteiger partial charge in [-0.05, 0) is 29.7 Å². The SMILES string of the molecule is COc1ccc(/C=c2\s/c(=C/C(=O)C(C)(C)C)[nH]c2=O)cc1OCC(C)C. The van der Waals surface area contributed by atoms with Gasteiger partial charge < -0.3 is 14.5 Å². The molecule has 0 radical (unpaired) electrons. The molecule has 1 heterocycles. The van der Waals surface area contributed by atoms with Crippen molar-refractivity contribution in [1.29, 1.82) is 0 Å². The number of benzene rings is 1. The molecule has 0 saturated carbocycles. The Hall–Kier alpha value is -2.34. The molecule has 1 aromatic carbocycles. The number of aromatic amines is 1. The number of thiazole rings is 1. The van der Waals surface area contributed by atoms with Crippen LogP contribution < -0.4 is 24.2 Å². The molecular weight excluding hydrogens is 362 g/mol. The molecule has 2 rings (SSSR count). The molecule has 0 unspecified atom stereocenters. The van der Waals surface area contributed by atoms with Crippen molar-refractivity contribution in [3.05, 3.63) is 43.3 Å². The topological polar surface area (TPSA) is 68.4 Å². The fourth-order valence-corrected chi connectivity index (χ4v) is 3.05. The fourth-order valence-electron chi connectivity index (χ4n) is 2.16. The summed E-state index contributed by atoms with van der Waals surface area (Å²) in [5.41, 5.74) is 0.132. The van der Waals surface area contributed by atoms with Crippen molar-refractivity contribution >= 4 is 29.3 Å². The molecule has 0 fully saturated rings.